The zero-order valence-electron chi connectivity index (χ0n) is 10.7. The Balaban J connectivity index is 2.51. The van der Waals surface area contributed by atoms with E-state index >= 15 is 0 Å². The van der Waals surface area contributed by atoms with E-state index in [2.05, 4.69) is 25.8 Å². The van der Waals surface area contributed by atoms with Gasteiger partial charge in [0.25, 0.3) is 0 Å². The van der Waals surface area contributed by atoms with Gasteiger partial charge in [-0.2, -0.15) is 0 Å². The molecule has 0 saturated carbocycles. The van der Waals surface area contributed by atoms with Crippen molar-refractivity contribution in [2.75, 3.05) is 5.73 Å². The zero-order chi connectivity index (χ0) is 12.6. The summed E-state index contributed by atoms with van der Waals surface area (Å²) in [6, 6.07) is 5.80. The molecule has 0 aliphatic heterocycles. The van der Waals surface area contributed by atoms with E-state index in [1.54, 1.807) is 6.20 Å². The first-order valence-corrected chi connectivity index (χ1v) is 5.71. The molecule has 0 aliphatic rings. The molecule has 0 fully saturated rings. The van der Waals surface area contributed by atoms with Crippen molar-refractivity contribution >= 4 is 5.69 Å². The summed E-state index contributed by atoms with van der Waals surface area (Å²) >= 11 is 0. The quantitative estimate of drug-likeness (QED) is 0.762. The van der Waals surface area contributed by atoms with Crippen molar-refractivity contribution in [3.8, 4) is 11.5 Å². The first kappa shape index (κ1) is 11.7. The second-order valence-electron chi connectivity index (χ2n) is 5.32. The molecule has 0 aliphatic carbocycles. The molecule has 3 nitrogen and oxygen atoms in total. The Bertz CT molecular complexity index is 515. The predicted octanol–water partition coefficient (Wildman–Crippen LogP) is 3.53. The second kappa shape index (κ2) is 3.91. The number of oxazole rings is 1. The molecule has 0 spiro atoms. The molecule has 0 saturated heterocycles. The number of nitrogen functional groups attached to an aromatic ring is 1. The van der Waals surface area contributed by atoms with Crippen LogP contribution in [0, 0.1) is 6.92 Å². The number of aryl methyl sites for hydroxylation is 1. The fourth-order valence-corrected chi connectivity index (χ4v) is 1.72. The van der Waals surface area contributed by atoms with Gasteiger partial charge in [-0.1, -0.05) is 32.9 Å². The lowest BCUT2D eigenvalue weighted by Crippen LogP contribution is -2.09. The molecule has 2 rings (SSSR count). The molecule has 1 aromatic heterocycles. The molecule has 0 atom stereocenters. The fourth-order valence-electron chi connectivity index (χ4n) is 1.72. The Kier molecular flexibility index (Phi) is 2.69. The first-order chi connectivity index (χ1) is 7.89. The van der Waals surface area contributed by atoms with Crippen molar-refractivity contribution in [1.29, 1.82) is 0 Å². The van der Waals surface area contributed by atoms with Crippen LogP contribution < -0.4 is 5.73 Å². The lowest BCUT2D eigenvalue weighted by atomic mass is 9.94. The molecule has 1 heterocycles. The second-order valence-corrected chi connectivity index (χ2v) is 5.32. The molecule has 1 aromatic carbocycles. The lowest BCUT2D eigenvalue weighted by Gasteiger charge is -2.13. The van der Waals surface area contributed by atoms with Crippen LogP contribution in [0.15, 0.2) is 28.8 Å². The van der Waals surface area contributed by atoms with Gasteiger partial charge in [0.05, 0.1) is 11.8 Å². The zero-order valence-corrected chi connectivity index (χ0v) is 10.7. The Morgan fingerprint density at radius 2 is 1.94 bits per heavy atom. The van der Waals surface area contributed by atoms with E-state index in [0.29, 0.717) is 11.6 Å². The molecule has 2 aromatic rings. The van der Waals surface area contributed by atoms with E-state index in [0.717, 1.165) is 16.9 Å². The van der Waals surface area contributed by atoms with Crippen molar-refractivity contribution in [1.82, 2.24) is 4.98 Å². The van der Waals surface area contributed by atoms with Crippen LogP contribution in [0.3, 0.4) is 0 Å². The third-order valence-corrected chi connectivity index (χ3v) is 2.76. The van der Waals surface area contributed by atoms with Crippen molar-refractivity contribution in [3.63, 3.8) is 0 Å². The molecule has 17 heavy (non-hydrogen) atoms. The van der Waals surface area contributed by atoms with Crippen molar-refractivity contribution in [2.45, 2.75) is 33.1 Å². The molecule has 0 bridgehead atoms. The van der Waals surface area contributed by atoms with Crippen molar-refractivity contribution in [3.05, 3.63) is 35.7 Å². The molecule has 0 unspecified atom stereocenters. The maximum atomic E-state index is 5.97. The number of aromatic nitrogens is 1. The summed E-state index contributed by atoms with van der Waals surface area (Å²) in [6.07, 6.45) is 1.78. The summed E-state index contributed by atoms with van der Waals surface area (Å²) in [7, 11) is 0. The molecule has 0 amide bonds. The normalized spacial score (nSPS) is 11.8. The molecule has 2 N–H and O–H groups in total. The van der Waals surface area contributed by atoms with Crippen LogP contribution in [0.1, 0.15) is 32.1 Å². The summed E-state index contributed by atoms with van der Waals surface area (Å²) in [4.78, 5) is 4.33. The van der Waals surface area contributed by atoms with Crippen LogP contribution >= 0.6 is 0 Å². The number of hydrogen-bond donors (Lipinski definition) is 1. The van der Waals surface area contributed by atoms with Gasteiger partial charge in [-0.05, 0) is 18.6 Å². The minimum atomic E-state index is -0.0390. The number of nitrogens with two attached hydrogens (primary N) is 1. The highest BCUT2D eigenvalue weighted by Crippen LogP contribution is 2.32. The van der Waals surface area contributed by atoms with E-state index in [1.165, 1.54) is 0 Å². The highest BCUT2D eigenvalue weighted by atomic mass is 16.4. The number of nitrogens with zero attached hydrogens (tertiary/aromatic N) is 1. The van der Waals surface area contributed by atoms with Crippen molar-refractivity contribution in [2.24, 2.45) is 0 Å². The Morgan fingerprint density at radius 1 is 1.24 bits per heavy atom. The van der Waals surface area contributed by atoms with Gasteiger partial charge < -0.3 is 10.2 Å². The number of hydrogen-bond acceptors (Lipinski definition) is 3. The Morgan fingerprint density at radius 3 is 2.47 bits per heavy atom. The Labute approximate surface area is 102 Å². The minimum absolute atomic E-state index is 0.0390. The first-order valence-electron chi connectivity index (χ1n) is 5.71. The Hall–Kier alpha value is -1.77. The fraction of sp³-hybridized carbons (Fsp3) is 0.357. The smallest absolute Gasteiger partial charge is 0.228 e. The van der Waals surface area contributed by atoms with Crippen LogP contribution in [0.25, 0.3) is 11.5 Å². The van der Waals surface area contributed by atoms with E-state index in [-0.39, 0.29) is 5.41 Å². The summed E-state index contributed by atoms with van der Waals surface area (Å²) in [5, 5.41) is 0. The van der Waals surface area contributed by atoms with Crippen LogP contribution in [0.2, 0.25) is 0 Å². The molecular formula is C14H18N2O. The highest BCUT2D eigenvalue weighted by Gasteiger charge is 2.20. The van der Waals surface area contributed by atoms with Crippen LogP contribution in [0.5, 0.6) is 0 Å². The SMILES string of the molecule is Cc1cccc(N)c1-c1ncc(C(C)(C)C)o1. The molecular weight excluding hydrogens is 212 g/mol. The summed E-state index contributed by atoms with van der Waals surface area (Å²) in [5.74, 6) is 1.47. The largest absolute Gasteiger partial charge is 0.441 e. The van der Waals surface area contributed by atoms with E-state index in [4.69, 9.17) is 10.2 Å². The van der Waals surface area contributed by atoms with Gasteiger partial charge in [0, 0.05) is 11.1 Å². The predicted molar refractivity (Wildman–Crippen MR) is 69.8 cm³/mol. The van der Waals surface area contributed by atoms with Crippen LogP contribution in [0.4, 0.5) is 5.69 Å². The molecule has 3 heteroatoms. The number of anilines is 1. The van der Waals surface area contributed by atoms with Gasteiger partial charge in [0.2, 0.25) is 5.89 Å². The summed E-state index contributed by atoms with van der Waals surface area (Å²) in [5.41, 5.74) is 8.60. The van der Waals surface area contributed by atoms with Crippen LogP contribution in [-0.2, 0) is 5.41 Å². The minimum Gasteiger partial charge on any atom is -0.441 e. The van der Waals surface area contributed by atoms with Gasteiger partial charge in [-0.25, -0.2) is 4.98 Å². The van der Waals surface area contributed by atoms with E-state index in [1.807, 2.05) is 25.1 Å². The third kappa shape index (κ3) is 2.18. The topological polar surface area (TPSA) is 52.0 Å². The lowest BCUT2D eigenvalue weighted by molar-refractivity contribution is 0.416. The monoisotopic (exact) mass is 230 g/mol. The summed E-state index contributed by atoms with van der Waals surface area (Å²) < 4.78 is 5.80. The standard InChI is InChI=1S/C14H18N2O/c1-9-6-5-7-10(15)12(9)13-16-8-11(17-13)14(2,3)4/h5-8H,15H2,1-4H3. The third-order valence-electron chi connectivity index (χ3n) is 2.76. The van der Waals surface area contributed by atoms with Gasteiger partial charge >= 0.3 is 0 Å². The number of rotatable bonds is 1. The van der Waals surface area contributed by atoms with Crippen molar-refractivity contribution < 1.29 is 4.42 Å². The summed E-state index contributed by atoms with van der Waals surface area (Å²) in [6.45, 7) is 8.29. The van der Waals surface area contributed by atoms with Gasteiger partial charge in [-0.15, -0.1) is 0 Å². The molecule has 0 radical (unpaired) electrons. The average molecular weight is 230 g/mol. The van der Waals surface area contributed by atoms with E-state index < -0.39 is 0 Å². The number of benzene rings is 1. The highest BCUT2D eigenvalue weighted by molar-refractivity contribution is 5.73. The maximum absolute atomic E-state index is 5.97. The van der Waals surface area contributed by atoms with Gasteiger partial charge in [-0.3, -0.25) is 0 Å². The average Bonchev–Trinajstić information content (AvgIpc) is 2.65. The van der Waals surface area contributed by atoms with E-state index in [9.17, 15) is 0 Å². The van der Waals surface area contributed by atoms with Gasteiger partial charge in [0.15, 0.2) is 0 Å². The molecule has 90 valence electrons. The van der Waals surface area contributed by atoms with Crippen LogP contribution in [-0.4, -0.2) is 4.98 Å². The maximum Gasteiger partial charge on any atom is 0.228 e. The van der Waals surface area contributed by atoms with Gasteiger partial charge in [0.1, 0.15) is 5.76 Å².